The number of thiazole rings is 2. The van der Waals surface area contributed by atoms with Crippen molar-refractivity contribution in [2.75, 3.05) is 39.5 Å². The number of carbonyl (C=O) groups excluding carboxylic acids is 1. The van der Waals surface area contributed by atoms with Gasteiger partial charge in [-0.1, -0.05) is 36.4 Å². The normalized spacial score (nSPS) is 14.0. The number of nitrogen functional groups attached to an aromatic ring is 1. The number of methoxy groups -OCH3 is 4. The molecule has 2 aliphatic carbocycles. The minimum absolute atomic E-state index is 0.00229. The first-order valence-corrected chi connectivity index (χ1v) is 19.7. The molecular formula is C42H44N6O7S2. The van der Waals surface area contributed by atoms with Crippen LogP contribution in [0.25, 0.3) is 0 Å². The molecule has 4 heterocycles. The fraction of sp³-hybridized carbons (Fsp3) is 0.286. The molecule has 0 saturated heterocycles. The quantitative estimate of drug-likeness (QED) is 0.106. The predicted octanol–water partition coefficient (Wildman–Crippen LogP) is 7.35. The molecule has 0 unspecified atom stereocenters. The van der Waals surface area contributed by atoms with E-state index in [-0.39, 0.29) is 5.91 Å². The zero-order valence-corrected chi connectivity index (χ0v) is 33.7. The fourth-order valence-corrected chi connectivity index (χ4v) is 7.81. The Labute approximate surface area is 338 Å². The van der Waals surface area contributed by atoms with E-state index in [9.17, 15) is 9.59 Å². The Morgan fingerprint density at radius 1 is 0.667 bits per heavy atom. The number of benzene rings is 2. The van der Waals surface area contributed by atoms with Crippen molar-refractivity contribution in [3.05, 3.63) is 130 Å². The van der Waals surface area contributed by atoms with Gasteiger partial charge in [-0.05, 0) is 73.2 Å². The van der Waals surface area contributed by atoms with Crippen molar-refractivity contribution in [3.8, 4) is 23.3 Å². The number of nitrogens with one attached hydrogen (secondary N) is 1. The van der Waals surface area contributed by atoms with Crippen molar-refractivity contribution < 1.29 is 33.6 Å². The lowest BCUT2D eigenvalue weighted by Crippen LogP contribution is -2.27. The highest BCUT2D eigenvalue weighted by atomic mass is 32.1. The number of hydrogen-bond acceptors (Lipinski definition) is 13. The minimum Gasteiger partial charge on any atom is -0.497 e. The van der Waals surface area contributed by atoms with Crippen LogP contribution in [-0.4, -0.2) is 65.4 Å². The average molecular weight is 809 g/mol. The van der Waals surface area contributed by atoms with Gasteiger partial charge in [0.05, 0.1) is 39.3 Å². The second-order valence-electron chi connectivity index (χ2n) is 13.4. The van der Waals surface area contributed by atoms with Crippen LogP contribution >= 0.6 is 22.7 Å². The van der Waals surface area contributed by atoms with Crippen LogP contribution in [0.2, 0.25) is 0 Å². The van der Waals surface area contributed by atoms with Gasteiger partial charge in [-0.2, -0.15) is 0 Å². The summed E-state index contributed by atoms with van der Waals surface area (Å²) in [5.41, 5.74) is 8.44. The van der Waals surface area contributed by atoms with Gasteiger partial charge in [0.1, 0.15) is 11.5 Å². The molecule has 0 bridgehead atoms. The van der Waals surface area contributed by atoms with Gasteiger partial charge in [0.2, 0.25) is 17.7 Å². The van der Waals surface area contributed by atoms with E-state index >= 15 is 0 Å². The van der Waals surface area contributed by atoms with Crippen LogP contribution < -0.4 is 30.0 Å². The number of rotatable bonds is 13. The first kappa shape index (κ1) is 40.6. The zero-order chi connectivity index (χ0) is 40.4. The molecule has 0 spiro atoms. The van der Waals surface area contributed by atoms with Gasteiger partial charge in [0, 0.05) is 58.5 Å². The first-order valence-electron chi connectivity index (χ1n) is 18.1. The number of ether oxygens (including phenoxy) is 4. The Morgan fingerprint density at radius 2 is 1.14 bits per heavy atom. The Bertz CT molecular complexity index is 2270. The summed E-state index contributed by atoms with van der Waals surface area (Å²) in [7, 11) is 6.46. The molecule has 0 atom stereocenters. The Kier molecular flexibility index (Phi) is 13.0. The molecule has 0 aliphatic heterocycles. The van der Waals surface area contributed by atoms with Crippen molar-refractivity contribution in [2.24, 2.45) is 0 Å². The van der Waals surface area contributed by atoms with Crippen molar-refractivity contribution >= 4 is 44.8 Å². The SMILES string of the molecule is COc1ccc(C2(C(=O)Nc3ncc(Cc4cccnc4OC)s3)CC2)cc1.COc1ccc(C2(C(=O)O)CC2)cc1.COc1ncccc1Cc1cnc(N)s1. The number of aromatic nitrogens is 4. The van der Waals surface area contributed by atoms with Crippen LogP contribution in [0.1, 0.15) is 57.7 Å². The van der Waals surface area contributed by atoms with Crippen molar-refractivity contribution in [1.29, 1.82) is 0 Å². The monoisotopic (exact) mass is 808 g/mol. The maximum Gasteiger partial charge on any atom is 0.314 e. The van der Waals surface area contributed by atoms with Crippen molar-refractivity contribution in [2.45, 2.75) is 49.4 Å². The second kappa shape index (κ2) is 18.3. The second-order valence-corrected chi connectivity index (χ2v) is 15.6. The third kappa shape index (κ3) is 9.85. The number of anilines is 2. The van der Waals surface area contributed by atoms with Gasteiger partial charge in [-0.15, -0.1) is 22.7 Å². The van der Waals surface area contributed by atoms with Crippen LogP contribution in [-0.2, 0) is 33.3 Å². The number of nitrogens with two attached hydrogens (primary N) is 1. The van der Waals surface area contributed by atoms with Gasteiger partial charge < -0.3 is 35.1 Å². The van der Waals surface area contributed by atoms with Crippen molar-refractivity contribution in [1.82, 2.24) is 19.9 Å². The first-order chi connectivity index (χ1) is 27.6. The van der Waals surface area contributed by atoms with E-state index in [2.05, 4.69) is 25.3 Å². The molecule has 1 amide bonds. The number of carboxylic acid groups (broad SMARTS) is 1. The summed E-state index contributed by atoms with van der Waals surface area (Å²) in [6.07, 6.45) is 11.6. The Balaban J connectivity index is 0.000000159. The lowest BCUT2D eigenvalue weighted by atomic mass is 9.95. The highest BCUT2D eigenvalue weighted by molar-refractivity contribution is 7.15. The molecule has 4 aromatic heterocycles. The maximum atomic E-state index is 12.9. The summed E-state index contributed by atoms with van der Waals surface area (Å²) in [5, 5.41) is 13.3. The third-order valence-electron chi connectivity index (χ3n) is 9.79. The molecule has 2 aliphatic rings. The van der Waals surface area contributed by atoms with E-state index in [1.165, 1.54) is 22.7 Å². The minimum atomic E-state index is -0.720. The predicted molar refractivity (Wildman–Crippen MR) is 220 cm³/mol. The van der Waals surface area contributed by atoms with Crippen LogP contribution in [0, 0.1) is 0 Å². The van der Waals surface area contributed by atoms with Crippen LogP contribution in [0.4, 0.5) is 10.3 Å². The van der Waals surface area contributed by atoms with Gasteiger partial charge in [0.15, 0.2) is 10.3 Å². The van der Waals surface area contributed by atoms with E-state index in [1.54, 1.807) is 65.4 Å². The number of hydrogen-bond donors (Lipinski definition) is 3. The maximum absolute atomic E-state index is 12.9. The fourth-order valence-electron chi connectivity index (χ4n) is 6.27. The summed E-state index contributed by atoms with van der Waals surface area (Å²) >= 11 is 2.96. The van der Waals surface area contributed by atoms with Gasteiger partial charge in [-0.25, -0.2) is 19.9 Å². The standard InChI is InChI=1S/C21H21N3O3S.C11H12O3.C10H11N3OS/c1-26-16-7-5-15(6-8-16)21(9-10-21)19(25)24-20-23-13-17(28-20)12-14-4-3-11-22-18(14)27-2;1-14-9-4-2-8(3-5-9)11(6-7-11)10(12)13;1-14-9-7(3-2-4-12-9)5-8-6-13-10(11)15-8/h3-8,11,13H,9-10,12H2,1-2H3,(H,23,24,25);2-5H,6-7H2,1H3,(H,12,13);2-4,6H,5H2,1H3,(H2,11,13). The van der Waals surface area contributed by atoms with E-state index < -0.39 is 16.8 Å². The van der Waals surface area contributed by atoms with E-state index in [4.69, 9.17) is 29.8 Å². The van der Waals surface area contributed by atoms with Crippen LogP contribution in [0.5, 0.6) is 23.3 Å². The summed E-state index contributed by atoms with van der Waals surface area (Å²) in [5.74, 6) is 2.09. The van der Waals surface area contributed by atoms with Crippen LogP contribution in [0.15, 0.2) is 97.6 Å². The number of amides is 1. The molecule has 0 radical (unpaired) electrons. The molecular weight excluding hydrogens is 765 g/mol. The van der Waals surface area contributed by atoms with E-state index in [1.807, 2.05) is 60.7 Å². The van der Waals surface area contributed by atoms with Crippen LogP contribution in [0.3, 0.4) is 0 Å². The third-order valence-corrected chi connectivity index (χ3v) is 11.5. The van der Waals surface area contributed by atoms with Gasteiger partial charge in [-0.3, -0.25) is 9.59 Å². The van der Waals surface area contributed by atoms with Crippen molar-refractivity contribution in [3.63, 3.8) is 0 Å². The molecule has 2 aromatic carbocycles. The Hall–Kier alpha value is -6.06. The molecule has 4 N–H and O–H groups in total. The summed E-state index contributed by atoms with van der Waals surface area (Å²) < 4.78 is 20.7. The highest BCUT2D eigenvalue weighted by Crippen LogP contribution is 2.50. The largest absolute Gasteiger partial charge is 0.497 e. The number of aliphatic carboxylic acids is 1. The van der Waals surface area contributed by atoms with E-state index in [0.717, 1.165) is 75.6 Å². The van der Waals surface area contributed by atoms with Gasteiger partial charge in [0.25, 0.3) is 0 Å². The summed E-state index contributed by atoms with van der Waals surface area (Å²) in [6, 6.07) is 22.7. The van der Waals surface area contributed by atoms with E-state index in [0.29, 0.717) is 28.4 Å². The number of carboxylic acids is 1. The smallest absolute Gasteiger partial charge is 0.314 e. The molecule has 2 fully saturated rings. The number of nitrogens with zero attached hydrogens (tertiary/aromatic N) is 4. The molecule has 13 nitrogen and oxygen atoms in total. The molecule has 15 heteroatoms. The molecule has 2 saturated carbocycles. The zero-order valence-electron chi connectivity index (χ0n) is 32.1. The lowest BCUT2D eigenvalue weighted by molar-refractivity contribution is -0.140. The molecule has 6 aromatic rings. The molecule has 296 valence electrons. The average Bonchev–Trinajstić information content (AvgIpc) is 4.16. The Morgan fingerprint density at radius 3 is 1.56 bits per heavy atom. The summed E-state index contributed by atoms with van der Waals surface area (Å²) in [4.78, 5) is 42.8. The molecule has 57 heavy (non-hydrogen) atoms. The lowest BCUT2D eigenvalue weighted by Gasteiger charge is -2.15. The van der Waals surface area contributed by atoms with Gasteiger partial charge >= 0.3 is 5.97 Å². The molecule has 8 rings (SSSR count). The number of pyridine rings is 2. The summed E-state index contributed by atoms with van der Waals surface area (Å²) in [6.45, 7) is 0. The highest BCUT2D eigenvalue weighted by Gasteiger charge is 2.52. The number of carbonyl (C=O) groups is 2. The topological polar surface area (TPSA) is 181 Å².